The molecule has 6 nitrogen and oxygen atoms in total. The van der Waals surface area contributed by atoms with Crippen LogP contribution in [0.3, 0.4) is 0 Å². The van der Waals surface area contributed by atoms with E-state index in [0.717, 1.165) is 24.9 Å². The molecule has 0 aromatic heterocycles. The summed E-state index contributed by atoms with van der Waals surface area (Å²) in [4.78, 5) is 26.1. The van der Waals surface area contributed by atoms with E-state index in [-0.39, 0.29) is 18.5 Å². The van der Waals surface area contributed by atoms with Gasteiger partial charge in [-0.25, -0.2) is 9.59 Å². The number of carbonyl (C=O) groups is 2. The molecule has 2 heterocycles. The fourth-order valence-corrected chi connectivity index (χ4v) is 4.12. The van der Waals surface area contributed by atoms with E-state index in [9.17, 15) is 9.59 Å². The van der Waals surface area contributed by atoms with Gasteiger partial charge in [-0.3, -0.25) is 4.90 Å². The summed E-state index contributed by atoms with van der Waals surface area (Å²) < 4.78 is 5.12. The first-order chi connectivity index (χ1) is 11.2. The van der Waals surface area contributed by atoms with Crippen LogP contribution in [0, 0.1) is 11.8 Å². The SMILES string of the molecule is CCOC(=O)C1=C(CN2CC[C@@H]3CCCC[C@H]3C2)NC(=O)NC1. The van der Waals surface area contributed by atoms with Gasteiger partial charge in [0.15, 0.2) is 0 Å². The summed E-state index contributed by atoms with van der Waals surface area (Å²) in [5.41, 5.74) is 1.26. The van der Waals surface area contributed by atoms with Crippen LogP contribution in [0.5, 0.6) is 0 Å². The van der Waals surface area contributed by atoms with Gasteiger partial charge in [0.1, 0.15) is 0 Å². The third-order valence-corrected chi connectivity index (χ3v) is 5.33. The maximum absolute atomic E-state index is 12.1. The summed E-state index contributed by atoms with van der Waals surface area (Å²) in [7, 11) is 0. The lowest BCUT2D eigenvalue weighted by molar-refractivity contribution is -0.138. The molecule has 6 heteroatoms. The molecule has 2 aliphatic heterocycles. The molecular weight excluding hydrogens is 294 g/mol. The first-order valence-electron chi connectivity index (χ1n) is 8.83. The predicted octanol–water partition coefficient (Wildman–Crippen LogP) is 1.63. The Bertz CT molecular complexity index is 503. The van der Waals surface area contributed by atoms with Crippen molar-refractivity contribution in [2.45, 2.75) is 39.0 Å². The highest BCUT2D eigenvalue weighted by molar-refractivity contribution is 5.93. The molecule has 3 rings (SSSR count). The third kappa shape index (κ3) is 3.86. The van der Waals surface area contributed by atoms with Crippen molar-refractivity contribution in [3.05, 3.63) is 11.3 Å². The van der Waals surface area contributed by atoms with E-state index in [1.165, 1.54) is 32.1 Å². The fraction of sp³-hybridized carbons (Fsp3) is 0.765. The molecular formula is C17H27N3O3. The molecule has 1 saturated heterocycles. The molecule has 3 aliphatic rings. The maximum Gasteiger partial charge on any atom is 0.337 e. The van der Waals surface area contributed by atoms with Gasteiger partial charge in [0.05, 0.1) is 18.7 Å². The highest BCUT2D eigenvalue weighted by Gasteiger charge is 2.32. The van der Waals surface area contributed by atoms with Crippen LogP contribution in [0.25, 0.3) is 0 Å². The monoisotopic (exact) mass is 321 g/mol. The van der Waals surface area contributed by atoms with Crippen molar-refractivity contribution < 1.29 is 14.3 Å². The number of carbonyl (C=O) groups excluding carboxylic acids is 2. The normalized spacial score (nSPS) is 28.7. The van der Waals surface area contributed by atoms with E-state index in [1.54, 1.807) is 6.92 Å². The Morgan fingerprint density at radius 1 is 1.26 bits per heavy atom. The van der Waals surface area contributed by atoms with Crippen molar-refractivity contribution in [2.24, 2.45) is 11.8 Å². The van der Waals surface area contributed by atoms with E-state index in [2.05, 4.69) is 15.5 Å². The number of esters is 1. The summed E-state index contributed by atoms with van der Waals surface area (Å²) in [5, 5.41) is 5.47. The molecule has 23 heavy (non-hydrogen) atoms. The quantitative estimate of drug-likeness (QED) is 0.772. The van der Waals surface area contributed by atoms with Gasteiger partial charge in [0, 0.05) is 18.8 Å². The minimum absolute atomic E-state index is 0.236. The average Bonchev–Trinajstić information content (AvgIpc) is 2.55. The summed E-state index contributed by atoms with van der Waals surface area (Å²) >= 11 is 0. The number of urea groups is 1. The molecule has 2 atom stereocenters. The van der Waals surface area contributed by atoms with Gasteiger partial charge in [-0.05, 0) is 38.1 Å². The molecule has 0 unspecified atom stereocenters. The van der Waals surface area contributed by atoms with E-state index in [4.69, 9.17) is 4.74 Å². The number of hydrogen-bond acceptors (Lipinski definition) is 4. The molecule has 2 N–H and O–H groups in total. The lowest BCUT2D eigenvalue weighted by Crippen LogP contribution is -2.49. The van der Waals surface area contributed by atoms with E-state index < -0.39 is 0 Å². The predicted molar refractivity (Wildman–Crippen MR) is 86.7 cm³/mol. The van der Waals surface area contributed by atoms with Crippen molar-refractivity contribution in [3.63, 3.8) is 0 Å². The zero-order valence-corrected chi connectivity index (χ0v) is 13.9. The summed E-state index contributed by atoms with van der Waals surface area (Å²) in [6.07, 6.45) is 6.64. The molecule has 1 aliphatic carbocycles. The Hall–Kier alpha value is -1.56. The van der Waals surface area contributed by atoms with Crippen LogP contribution in [0.2, 0.25) is 0 Å². The van der Waals surface area contributed by atoms with Gasteiger partial charge >= 0.3 is 12.0 Å². The maximum atomic E-state index is 12.1. The molecule has 0 bridgehead atoms. The molecule has 0 radical (unpaired) electrons. The first kappa shape index (κ1) is 16.3. The van der Waals surface area contributed by atoms with Crippen molar-refractivity contribution in [2.75, 3.05) is 32.8 Å². The number of nitrogens with zero attached hydrogens (tertiary/aromatic N) is 1. The van der Waals surface area contributed by atoms with Gasteiger partial charge in [-0.1, -0.05) is 19.3 Å². The van der Waals surface area contributed by atoms with Crippen molar-refractivity contribution in [1.82, 2.24) is 15.5 Å². The van der Waals surface area contributed by atoms with Crippen LogP contribution in [0.1, 0.15) is 39.0 Å². The highest BCUT2D eigenvalue weighted by Crippen LogP contribution is 2.36. The lowest BCUT2D eigenvalue weighted by atomic mass is 9.75. The minimum atomic E-state index is -0.331. The Morgan fingerprint density at radius 2 is 2.04 bits per heavy atom. The Kier molecular flexibility index (Phi) is 5.20. The Labute approximate surface area is 137 Å². The Morgan fingerprint density at radius 3 is 2.83 bits per heavy atom. The second-order valence-electron chi connectivity index (χ2n) is 6.81. The number of piperidine rings is 1. The van der Waals surface area contributed by atoms with Gasteiger partial charge < -0.3 is 15.4 Å². The van der Waals surface area contributed by atoms with Crippen LogP contribution in [-0.4, -0.2) is 49.7 Å². The van der Waals surface area contributed by atoms with Crippen LogP contribution in [0.4, 0.5) is 4.79 Å². The second kappa shape index (κ2) is 7.34. The van der Waals surface area contributed by atoms with Crippen molar-refractivity contribution >= 4 is 12.0 Å². The molecule has 0 aromatic rings. The number of rotatable bonds is 4. The van der Waals surface area contributed by atoms with Crippen molar-refractivity contribution in [1.29, 1.82) is 0 Å². The summed E-state index contributed by atoms with van der Waals surface area (Å²) in [6, 6.07) is -0.236. The minimum Gasteiger partial charge on any atom is -0.463 e. The number of nitrogens with one attached hydrogen (secondary N) is 2. The third-order valence-electron chi connectivity index (χ3n) is 5.33. The van der Waals surface area contributed by atoms with Crippen LogP contribution < -0.4 is 10.6 Å². The van der Waals surface area contributed by atoms with Crippen LogP contribution in [-0.2, 0) is 9.53 Å². The molecule has 1 saturated carbocycles. The largest absolute Gasteiger partial charge is 0.463 e. The standard InChI is InChI=1S/C17H27N3O3/c1-2-23-16(21)14-9-18-17(22)19-15(14)11-20-8-7-12-5-3-4-6-13(12)10-20/h12-13H,2-11H2,1H3,(H2,18,19,22)/t12-,13-/m0/s1. The molecule has 2 amide bonds. The average molecular weight is 321 g/mol. The number of hydrogen-bond donors (Lipinski definition) is 2. The van der Waals surface area contributed by atoms with Crippen molar-refractivity contribution in [3.8, 4) is 0 Å². The second-order valence-corrected chi connectivity index (χ2v) is 6.81. The summed E-state index contributed by atoms with van der Waals surface area (Å²) in [5.74, 6) is 1.32. The molecule has 0 spiro atoms. The van der Waals surface area contributed by atoms with E-state index in [1.807, 2.05) is 0 Å². The molecule has 2 fully saturated rings. The zero-order valence-electron chi connectivity index (χ0n) is 13.9. The highest BCUT2D eigenvalue weighted by atomic mass is 16.5. The summed E-state index contributed by atoms with van der Waals surface area (Å²) in [6.45, 7) is 5.14. The Balaban J connectivity index is 1.68. The number of amides is 2. The first-order valence-corrected chi connectivity index (χ1v) is 8.83. The molecule has 0 aromatic carbocycles. The fourth-order valence-electron chi connectivity index (χ4n) is 4.12. The van der Waals surface area contributed by atoms with Gasteiger partial charge in [0.2, 0.25) is 0 Å². The van der Waals surface area contributed by atoms with E-state index in [0.29, 0.717) is 24.4 Å². The van der Waals surface area contributed by atoms with Gasteiger partial charge in [-0.15, -0.1) is 0 Å². The van der Waals surface area contributed by atoms with Crippen LogP contribution in [0.15, 0.2) is 11.3 Å². The number of ether oxygens (including phenoxy) is 1. The van der Waals surface area contributed by atoms with Gasteiger partial charge in [-0.2, -0.15) is 0 Å². The topological polar surface area (TPSA) is 70.7 Å². The lowest BCUT2D eigenvalue weighted by Gasteiger charge is -2.41. The van der Waals surface area contributed by atoms with E-state index >= 15 is 0 Å². The number of likely N-dealkylation sites (tertiary alicyclic amines) is 1. The smallest absolute Gasteiger partial charge is 0.337 e. The van der Waals surface area contributed by atoms with Crippen LogP contribution >= 0.6 is 0 Å². The zero-order chi connectivity index (χ0) is 16.2. The molecule has 128 valence electrons. The van der Waals surface area contributed by atoms with Gasteiger partial charge in [0.25, 0.3) is 0 Å². The number of fused-ring (bicyclic) bond motifs is 1.